The Morgan fingerprint density at radius 3 is 2.59 bits per heavy atom. The lowest BCUT2D eigenvalue weighted by molar-refractivity contribution is -0.146. The molecule has 3 nitrogen and oxygen atoms in total. The Labute approximate surface area is 110 Å². The second kappa shape index (κ2) is 5.65. The van der Waals surface area contributed by atoms with Crippen molar-refractivity contribution in [3.63, 3.8) is 0 Å². The minimum Gasteiger partial charge on any atom is -0.481 e. The Hall–Kier alpha value is -0.870. The number of benzene rings is 1. The van der Waals surface area contributed by atoms with Crippen LogP contribution < -0.4 is 0 Å². The Kier molecular flexibility index (Phi) is 4.71. The Morgan fingerprint density at radius 1 is 1.47 bits per heavy atom. The molecule has 1 rings (SSSR count). The molecule has 0 bridgehead atoms. The summed E-state index contributed by atoms with van der Waals surface area (Å²) in [6.45, 7) is 4.00. The lowest BCUT2D eigenvalue weighted by atomic mass is 9.86. The quantitative estimate of drug-likeness (QED) is 0.908. The minimum absolute atomic E-state index is 0.508. The van der Waals surface area contributed by atoms with Gasteiger partial charge in [0.1, 0.15) is 0 Å². The molecule has 0 saturated carbocycles. The van der Waals surface area contributed by atoms with Crippen LogP contribution in [0.2, 0.25) is 0 Å². The van der Waals surface area contributed by atoms with Crippen LogP contribution >= 0.6 is 15.9 Å². The van der Waals surface area contributed by atoms with Crippen LogP contribution in [0.15, 0.2) is 22.7 Å². The smallest absolute Gasteiger partial charge is 0.309 e. The summed E-state index contributed by atoms with van der Waals surface area (Å²) < 4.78 is 6.02. The maximum Gasteiger partial charge on any atom is 0.309 e. The van der Waals surface area contributed by atoms with Gasteiger partial charge in [-0.25, -0.2) is 0 Å². The summed E-state index contributed by atoms with van der Waals surface area (Å²) in [4.78, 5) is 11.0. The van der Waals surface area contributed by atoms with Gasteiger partial charge in [-0.3, -0.25) is 4.79 Å². The highest BCUT2D eigenvalue weighted by Crippen LogP contribution is 2.26. The van der Waals surface area contributed by atoms with E-state index in [1.54, 1.807) is 21.0 Å². The second-order valence-electron chi connectivity index (χ2n) is 4.72. The molecule has 0 unspecified atom stereocenters. The average molecular weight is 301 g/mol. The topological polar surface area (TPSA) is 46.5 Å². The van der Waals surface area contributed by atoms with Gasteiger partial charge in [-0.1, -0.05) is 28.1 Å². The van der Waals surface area contributed by atoms with Crippen LogP contribution in [-0.2, 0) is 22.6 Å². The SMILES string of the molecule is COCc1ccc(CC(C)(C)C(=O)O)cc1Br. The molecule has 0 aliphatic rings. The third kappa shape index (κ3) is 3.82. The molecule has 0 fully saturated rings. The van der Waals surface area contributed by atoms with Crippen molar-refractivity contribution in [2.45, 2.75) is 26.9 Å². The standard InChI is InChI=1S/C13H17BrO3/c1-13(2,12(15)16)7-9-4-5-10(8-17-3)11(14)6-9/h4-6H,7-8H2,1-3H3,(H,15,16). The summed E-state index contributed by atoms with van der Waals surface area (Å²) in [5.41, 5.74) is 1.32. The van der Waals surface area contributed by atoms with Gasteiger partial charge in [0.05, 0.1) is 12.0 Å². The van der Waals surface area contributed by atoms with Crippen LogP contribution in [0.4, 0.5) is 0 Å². The van der Waals surface area contributed by atoms with Crippen LogP contribution in [0, 0.1) is 5.41 Å². The van der Waals surface area contributed by atoms with Gasteiger partial charge < -0.3 is 9.84 Å². The number of carboxylic acids is 1. The molecule has 1 aromatic rings. The van der Waals surface area contributed by atoms with E-state index in [1.807, 2.05) is 18.2 Å². The lowest BCUT2D eigenvalue weighted by Gasteiger charge is -2.19. The van der Waals surface area contributed by atoms with Crippen LogP contribution in [0.1, 0.15) is 25.0 Å². The first kappa shape index (κ1) is 14.2. The summed E-state index contributed by atoms with van der Waals surface area (Å²) in [7, 11) is 1.65. The zero-order chi connectivity index (χ0) is 13.1. The summed E-state index contributed by atoms with van der Waals surface area (Å²) >= 11 is 3.47. The molecule has 0 spiro atoms. The average Bonchev–Trinajstić information content (AvgIpc) is 2.21. The molecule has 94 valence electrons. The van der Waals surface area contributed by atoms with Crippen LogP contribution in [-0.4, -0.2) is 18.2 Å². The fourth-order valence-electron chi connectivity index (χ4n) is 1.56. The van der Waals surface area contributed by atoms with Crippen molar-refractivity contribution in [2.75, 3.05) is 7.11 Å². The van der Waals surface area contributed by atoms with Crippen molar-refractivity contribution < 1.29 is 14.6 Å². The molecule has 1 aromatic carbocycles. The van der Waals surface area contributed by atoms with E-state index < -0.39 is 11.4 Å². The fraction of sp³-hybridized carbons (Fsp3) is 0.462. The summed E-state index contributed by atoms with van der Waals surface area (Å²) in [6, 6.07) is 5.86. The molecule has 4 heteroatoms. The Morgan fingerprint density at radius 2 is 2.12 bits per heavy atom. The van der Waals surface area contributed by atoms with E-state index in [-0.39, 0.29) is 0 Å². The third-order valence-corrected chi connectivity index (χ3v) is 3.38. The molecule has 0 radical (unpaired) electrons. The molecule has 0 aromatic heterocycles. The first-order valence-corrected chi connectivity index (χ1v) is 6.16. The molecule has 17 heavy (non-hydrogen) atoms. The van der Waals surface area contributed by atoms with Gasteiger partial charge in [0.2, 0.25) is 0 Å². The number of carboxylic acid groups (broad SMARTS) is 1. The number of methoxy groups -OCH3 is 1. The monoisotopic (exact) mass is 300 g/mol. The molecular weight excluding hydrogens is 284 g/mol. The highest BCUT2D eigenvalue weighted by atomic mass is 79.9. The molecule has 0 saturated heterocycles. The zero-order valence-corrected chi connectivity index (χ0v) is 11.9. The maximum absolute atomic E-state index is 11.0. The molecule has 1 N–H and O–H groups in total. The van der Waals surface area contributed by atoms with Crippen molar-refractivity contribution in [1.82, 2.24) is 0 Å². The fourth-order valence-corrected chi connectivity index (χ4v) is 2.10. The summed E-state index contributed by atoms with van der Waals surface area (Å²) in [5.74, 6) is -0.783. The van der Waals surface area contributed by atoms with Gasteiger partial charge in [-0.15, -0.1) is 0 Å². The van der Waals surface area contributed by atoms with Gasteiger partial charge in [0.15, 0.2) is 0 Å². The van der Waals surface area contributed by atoms with Gasteiger partial charge >= 0.3 is 5.97 Å². The second-order valence-corrected chi connectivity index (χ2v) is 5.58. The molecule has 0 heterocycles. The number of hydrogen-bond donors (Lipinski definition) is 1. The number of halogens is 1. The normalized spacial score (nSPS) is 11.5. The maximum atomic E-state index is 11.0. The highest BCUT2D eigenvalue weighted by Gasteiger charge is 2.27. The summed E-state index contributed by atoms with van der Waals surface area (Å²) in [6.07, 6.45) is 0.508. The van der Waals surface area contributed by atoms with Crippen LogP contribution in [0.3, 0.4) is 0 Å². The van der Waals surface area contributed by atoms with Crippen LogP contribution in [0.5, 0.6) is 0 Å². The summed E-state index contributed by atoms with van der Waals surface area (Å²) in [5, 5.41) is 9.08. The molecule has 0 amide bonds. The van der Waals surface area contributed by atoms with Gasteiger partial charge in [-0.05, 0) is 37.5 Å². The van der Waals surface area contributed by atoms with Crippen molar-refractivity contribution in [2.24, 2.45) is 5.41 Å². The third-order valence-electron chi connectivity index (χ3n) is 2.64. The zero-order valence-electron chi connectivity index (χ0n) is 10.3. The Bertz CT molecular complexity index is 413. The van der Waals surface area contributed by atoms with Gasteiger partial charge in [0, 0.05) is 11.6 Å². The van der Waals surface area contributed by atoms with E-state index in [4.69, 9.17) is 9.84 Å². The van der Waals surface area contributed by atoms with E-state index in [0.717, 1.165) is 15.6 Å². The highest BCUT2D eigenvalue weighted by molar-refractivity contribution is 9.10. The number of carbonyl (C=O) groups is 1. The van der Waals surface area contributed by atoms with E-state index in [0.29, 0.717) is 13.0 Å². The molecule has 0 aliphatic carbocycles. The first-order chi connectivity index (χ1) is 7.86. The minimum atomic E-state index is -0.783. The van der Waals surface area contributed by atoms with E-state index >= 15 is 0 Å². The number of rotatable bonds is 5. The Balaban J connectivity index is 2.87. The van der Waals surface area contributed by atoms with E-state index in [1.165, 1.54) is 0 Å². The van der Waals surface area contributed by atoms with Crippen LogP contribution in [0.25, 0.3) is 0 Å². The largest absolute Gasteiger partial charge is 0.481 e. The first-order valence-electron chi connectivity index (χ1n) is 5.36. The number of hydrogen-bond acceptors (Lipinski definition) is 2. The molecule has 0 aliphatic heterocycles. The van der Waals surface area contributed by atoms with Crippen molar-refractivity contribution in [3.8, 4) is 0 Å². The van der Waals surface area contributed by atoms with E-state index in [2.05, 4.69) is 15.9 Å². The lowest BCUT2D eigenvalue weighted by Crippen LogP contribution is -2.26. The number of ether oxygens (including phenoxy) is 1. The van der Waals surface area contributed by atoms with Crippen molar-refractivity contribution in [1.29, 1.82) is 0 Å². The van der Waals surface area contributed by atoms with Gasteiger partial charge in [0.25, 0.3) is 0 Å². The van der Waals surface area contributed by atoms with Crippen molar-refractivity contribution in [3.05, 3.63) is 33.8 Å². The van der Waals surface area contributed by atoms with E-state index in [9.17, 15) is 4.79 Å². The predicted octanol–water partition coefficient (Wildman–Crippen LogP) is 3.25. The predicted molar refractivity (Wildman–Crippen MR) is 70.0 cm³/mol. The number of aliphatic carboxylic acids is 1. The molecular formula is C13H17BrO3. The van der Waals surface area contributed by atoms with Gasteiger partial charge in [-0.2, -0.15) is 0 Å². The van der Waals surface area contributed by atoms with Crippen molar-refractivity contribution >= 4 is 21.9 Å². The molecule has 0 atom stereocenters.